The molecule has 0 aliphatic carbocycles. The second kappa shape index (κ2) is 7.40. The maximum Gasteiger partial charge on any atom is 0.115 e. The van der Waals surface area contributed by atoms with Gasteiger partial charge in [0.15, 0.2) is 0 Å². The highest BCUT2D eigenvalue weighted by molar-refractivity contribution is 8.07. The number of nitrogens with zero attached hydrogens (tertiary/aromatic N) is 2. The van der Waals surface area contributed by atoms with E-state index < -0.39 is 0 Å². The van der Waals surface area contributed by atoms with Gasteiger partial charge in [-0.05, 0) is 20.1 Å². The minimum absolute atomic E-state index is 0.786. The minimum Gasteiger partial charge on any atom is -0.380 e. The standard InChI is InChI=1S/C12H17N3S2/c1-4-15-11(16)5-9(2)12(17-3)10-6-13-8-14-7-10/h6-8H,4-5H2,1-3H3,(H,15,16)/b12-9-. The Bertz CT molecular complexity index is 401. The molecule has 5 heteroatoms. The molecule has 17 heavy (non-hydrogen) atoms. The maximum atomic E-state index is 5.26. The SMILES string of the molecule is CCNC(=S)C/C(C)=C(\SC)c1cncnc1. The van der Waals surface area contributed by atoms with Crippen molar-refractivity contribution in [3.05, 3.63) is 29.9 Å². The Morgan fingerprint density at radius 1 is 1.41 bits per heavy atom. The molecule has 0 radical (unpaired) electrons. The summed E-state index contributed by atoms with van der Waals surface area (Å²) in [7, 11) is 0. The van der Waals surface area contributed by atoms with Crippen LogP contribution in [0.15, 0.2) is 24.3 Å². The first-order valence-corrected chi connectivity index (χ1v) is 7.08. The molecule has 1 heterocycles. The summed E-state index contributed by atoms with van der Waals surface area (Å²) in [5, 5.41) is 3.16. The van der Waals surface area contributed by atoms with Gasteiger partial charge in [0.2, 0.25) is 0 Å². The van der Waals surface area contributed by atoms with Crippen LogP contribution in [0, 0.1) is 0 Å². The van der Waals surface area contributed by atoms with Gasteiger partial charge in [0.1, 0.15) is 6.33 Å². The summed E-state index contributed by atoms with van der Waals surface area (Å²) in [6.07, 6.45) is 8.05. The van der Waals surface area contributed by atoms with Crippen LogP contribution in [-0.4, -0.2) is 27.8 Å². The zero-order valence-corrected chi connectivity index (χ0v) is 12.0. The average molecular weight is 267 g/mol. The van der Waals surface area contributed by atoms with Crippen LogP contribution in [0.25, 0.3) is 4.91 Å². The van der Waals surface area contributed by atoms with Gasteiger partial charge in [-0.3, -0.25) is 0 Å². The molecule has 0 amide bonds. The van der Waals surface area contributed by atoms with Crippen LogP contribution in [-0.2, 0) is 0 Å². The van der Waals surface area contributed by atoms with Gasteiger partial charge in [-0.2, -0.15) is 0 Å². The lowest BCUT2D eigenvalue weighted by Crippen LogP contribution is -2.20. The van der Waals surface area contributed by atoms with E-state index in [9.17, 15) is 0 Å². The largest absolute Gasteiger partial charge is 0.380 e. The highest BCUT2D eigenvalue weighted by Gasteiger charge is 2.07. The maximum absolute atomic E-state index is 5.26. The molecule has 0 saturated heterocycles. The number of aromatic nitrogens is 2. The lowest BCUT2D eigenvalue weighted by molar-refractivity contribution is 0.960. The fourth-order valence-corrected chi connectivity index (χ4v) is 2.66. The summed E-state index contributed by atoms with van der Waals surface area (Å²) >= 11 is 6.96. The second-order valence-corrected chi connectivity index (χ2v) is 4.88. The van der Waals surface area contributed by atoms with Gasteiger partial charge < -0.3 is 5.32 Å². The molecule has 1 aromatic heterocycles. The monoisotopic (exact) mass is 267 g/mol. The van der Waals surface area contributed by atoms with Crippen LogP contribution in [0.5, 0.6) is 0 Å². The molecule has 1 rings (SSSR count). The molecule has 3 nitrogen and oxygen atoms in total. The molecule has 0 fully saturated rings. The van der Waals surface area contributed by atoms with Crippen LogP contribution >= 0.6 is 24.0 Å². The van der Waals surface area contributed by atoms with Crippen molar-refractivity contribution in [3.8, 4) is 0 Å². The fraction of sp³-hybridized carbons (Fsp3) is 0.417. The first-order valence-electron chi connectivity index (χ1n) is 5.44. The molecule has 0 bridgehead atoms. The van der Waals surface area contributed by atoms with Crippen molar-refractivity contribution in [1.29, 1.82) is 0 Å². The van der Waals surface area contributed by atoms with Crippen molar-refractivity contribution >= 4 is 33.9 Å². The molecule has 1 N–H and O–H groups in total. The molecule has 0 aromatic carbocycles. The Morgan fingerprint density at radius 3 is 2.59 bits per heavy atom. The molecule has 1 aromatic rings. The number of thiocarbonyl (C=S) groups is 1. The molecule has 0 aliphatic rings. The summed E-state index contributed by atoms with van der Waals surface area (Å²) in [5.41, 5.74) is 2.30. The van der Waals surface area contributed by atoms with Crippen LogP contribution in [0.2, 0.25) is 0 Å². The van der Waals surface area contributed by atoms with Gasteiger partial charge in [0.25, 0.3) is 0 Å². The van der Waals surface area contributed by atoms with E-state index in [1.165, 1.54) is 10.5 Å². The number of hydrogen-bond acceptors (Lipinski definition) is 4. The topological polar surface area (TPSA) is 37.8 Å². The normalized spacial score (nSPS) is 11.9. The summed E-state index contributed by atoms with van der Waals surface area (Å²) in [5.74, 6) is 0. The predicted molar refractivity (Wildman–Crippen MR) is 79.0 cm³/mol. The summed E-state index contributed by atoms with van der Waals surface area (Å²) in [6.45, 7) is 5.02. The van der Waals surface area contributed by atoms with Crippen molar-refractivity contribution in [2.24, 2.45) is 0 Å². The van der Waals surface area contributed by atoms with Gasteiger partial charge in [0, 0.05) is 35.8 Å². The van der Waals surface area contributed by atoms with Gasteiger partial charge in [-0.15, -0.1) is 11.8 Å². The number of hydrogen-bond donors (Lipinski definition) is 1. The summed E-state index contributed by atoms with van der Waals surface area (Å²) < 4.78 is 0. The molecule has 0 aliphatic heterocycles. The highest BCUT2D eigenvalue weighted by Crippen LogP contribution is 2.29. The van der Waals surface area contributed by atoms with Gasteiger partial charge in [0.05, 0.1) is 4.99 Å². The van der Waals surface area contributed by atoms with Crippen molar-refractivity contribution in [1.82, 2.24) is 15.3 Å². The Hall–Kier alpha value is -0.940. The highest BCUT2D eigenvalue weighted by atomic mass is 32.2. The van der Waals surface area contributed by atoms with Crippen LogP contribution in [0.3, 0.4) is 0 Å². The van der Waals surface area contributed by atoms with Crippen LogP contribution in [0.1, 0.15) is 25.8 Å². The number of thioether (sulfide) groups is 1. The Kier molecular flexibility index (Phi) is 6.15. The van der Waals surface area contributed by atoms with Crippen molar-refractivity contribution in [3.63, 3.8) is 0 Å². The van der Waals surface area contributed by atoms with Crippen molar-refractivity contribution < 1.29 is 0 Å². The molecule has 92 valence electrons. The molecule has 0 spiro atoms. The lowest BCUT2D eigenvalue weighted by Gasteiger charge is -2.11. The molecule has 0 unspecified atom stereocenters. The average Bonchev–Trinajstić information content (AvgIpc) is 2.31. The van der Waals surface area contributed by atoms with E-state index in [0.717, 1.165) is 23.5 Å². The Balaban J connectivity index is 2.88. The first kappa shape index (κ1) is 14.1. The quantitative estimate of drug-likeness (QED) is 0.830. The molecular formula is C12H17N3S2. The van der Waals surface area contributed by atoms with Crippen LogP contribution < -0.4 is 5.32 Å². The van der Waals surface area contributed by atoms with Gasteiger partial charge in [-0.25, -0.2) is 9.97 Å². The van der Waals surface area contributed by atoms with Gasteiger partial charge in [-0.1, -0.05) is 17.8 Å². The zero-order chi connectivity index (χ0) is 12.7. The van der Waals surface area contributed by atoms with E-state index >= 15 is 0 Å². The van der Waals surface area contributed by atoms with E-state index in [1.54, 1.807) is 18.1 Å². The number of rotatable bonds is 5. The molecular weight excluding hydrogens is 250 g/mol. The molecule has 0 saturated carbocycles. The smallest absolute Gasteiger partial charge is 0.115 e. The Labute approximate surface area is 112 Å². The Morgan fingerprint density at radius 2 is 2.06 bits per heavy atom. The van der Waals surface area contributed by atoms with E-state index in [-0.39, 0.29) is 0 Å². The minimum atomic E-state index is 0.786. The van der Waals surface area contributed by atoms with Crippen molar-refractivity contribution in [2.45, 2.75) is 20.3 Å². The summed E-state index contributed by atoms with van der Waals surface area (Å²) in [6, 6.07) is 0. The fourth-order valence-electron chi connectivity index (χ4n) is 1.54. The number of nitrogens with one attached hydrogen (secondary N) is 1. The third-order valence-electron chi connectivity index (χ3n) is 2.21. The second-order valence-electron chi connectivity index (χ2n) is 3.57. The van der Waals surface area contributed by atoms with Crippen LogP contribution in [0.4, 0.5) is 0 Å². The lowest BCUT2D eigenvalue weighted by atomic mass is 10.1. The van der Waals surface area contributed by atoms with Gasteiger partial charge >= 0.3 is 0 Å². The third-order valence-corrected chi connectivity index (χ3v) is 3.50. The first-order chi connectivity index (χ1) is 8.19. The third kappa shape index (κ3) is 4.44. The van der Waals surface area contributed by atoms with E-state index in [0.29, 0.717) is 0 Å². The van der Waals surface area contributed by atoms with E-state index in [1.807, 2.05) is 19.3 Å². The van der Waals surface area contributed by atoms with E-state index in [4.69, 9.17) is 12.2 Å². The zero-order valence-electron chi connectivity index (χ0n) is 10.4. The van der Waals surface area contributed by atoms with Crippen molar-refractivity contribution in [2.75, 3.05) is 12.8 Å². The predicted octanol–water partition coefficient (Wildman–Crippen LogP) is 2.90. The summed E-state index contributed by atoms with van der Waals surface area (Å²) in [4.78, 5) is 10.2. The van der Waals surface area contributed by atoms with E-state index in [2.05, 4.69) is 28.5 Å². The molecule has 0 atom stereocenters.